The zero-order valence-electron chi connectivity index (χ0n) is 20.9. The quantitative estimate of drug-likeness (QED) is 0.319. The molecule has 4 rings (SSSR count). The van der Waals surface area contributed by atoms with Crippen LogP contribution in [0.15, 0.2) is 77.7 Å². The van der Waals surface area contributed by atoms with Gasteiger partial charge in [0.05, 0.1) is 4.90 Å². The summed E-state index contributed by atoms with van der Waals surface area (Å²) in [5.74, 6) is -1.22. The lowest BCUT2D eigenvalue weighted by atomic mass is 9.85. The summed E-state index contributed by atoms with van der Waals surface area (Å²) in [4.78, 5) is 13.8. The molecule has 3 aromatic rings. The van der Waals surface area contributed by atoms with Crippen molar-refractivity contribution >= 4 is 16.4 Å². The van der Waals surface area contributed by atoms with E-state index in [9.17, 15) is 22.0 Å². The van der Waals surface area contributed by atoms with Crippen molar-refractivity contribution in [3.63, 3.8) is 0 Å². The lowest BCUT2D eigenvalue weighted by molar-refractivity contribution is -0.121. The van der Waals surface area contributed by atoms with Gasteiger partial charge in [0.15, 0.2) is 0 Å². The normalized spacial score (nSPS) is 18.1. The van der Waals surface area contributed by atoms with Crippen molar-refractivity contribution in [3.8, 4) is 0 Å². The molecule has 0 bridgehead atoms. The summed E-state index contributed by atoms with van der Waals surface area (Å²) in [5, 5.41) is 0. The van der Waals surface area contributed by atoms with E-state index in [1.54, 1.807) is 18.2 Å². The molecule has 0 unspecified atom stereocenters. The average Bonchev–Trinajstić information content (AvgIpc) is 2.91. The number of sulfonamides is 1. The fourth-order valence-electron chi connectivity index (χ4n) is 4.95. The topological polar surface area (TPSA) is 57.7 Å². The van der Waals surface area contributed by atoms with Crippen LogP contribution in [0.25, 0.3) is 0 Å². The van der Waals surface area contributed by atoms with E-state index in [0.717, 1.165) is 61.4 Å². The molecule has 5 nitrogen and oxygen atoms in total. The molecule has 0 N–H and O–H groups in total. The predicted molar refractivity (Wildman–Crippen MR) is 139 cm³/mol. The van der Waals surface area contributed by atoms with E-state index >= 15 is 0 Å². The minimum absolute atomic E-state index is 0.00146. The van der Waals surface area contributed by atoms with Crippen molar-refractivity contribution in [2.24, 2.45) is 5.92 Å². The second-order valence-corrected chi connectivity index (χ2v) is 11.7. The van der Waals surface area contributed by atoms with E-state index in [1.165, 1.54) is 16.4 Å². The van der Waals surface area contributed by atoms with Gasteiger partial charge in [-0.15, -0.1) is 0 Å². The molecular weight excluding hydrogens is 494 g/mol. The number of carbonyl (C=O) groups is 1. The summed E-state index contributed by atoms with van der Waals surface area (Å²) in [6, 6.07) is 19.3. The summed E-state index contributed by atoms with van der Waals surface area (Å²) >= 11 is 0. The summed E-state index contributed by atoms with van der Waals surface area (Å²) in [5.41, 5.74) is 2.23. The van der Waals surface area contributed by atoms with Crippen LogP contribution < -0.4 is 0 Å². The first kappa shape index (κ1) is 26.9. The molecule has 3 aromatic carbocycles. The van der Waals surface area contributed by atoms with Crippen LogP contribution in [-0.2, 0) is 27.9 Å². The molecule has 37 heavy (non-hydrogen) atoms. The highest BCUT2D eigenvalue weighted by Crippen LogP contribution is 2.31. The van der Waals surface area contributed by atoms with E-state index in [2.05, 4.69) is 0 Å². The molecule has 0 aromatic heterocycles. The number of aryl methyl sites for hydroxylation is 1. The highest BCUT2D eigenvalue weighted by atomic mass is 32.2. The van der Waals surface area contributed by atoms with Crippen molar-refractivity contribution in [1.82, 2.24) is 9.21 Å². The van der Waals surface area contributed by atoms with Crippen LogP contribution in [0.1, 0.15) is 42.4 Å². The molecule has 8 heteroatoms. The molecule has 1 saturated carbocycles. The Balaban J connectivity index is 1.47. The third kappa shape index (κ3) is 6.81. The van der Waals surface area contributed by atoms with Crippen molar-refractivity contribution in [2.75, 3.05) is 6.54 Å². The Labute approximate surface area is 217 Å². The second-order valence-electron chi connectivity index (χ2n) is 9.78. The fraction of sp³-hybridized carbons (Fsp3) is 0.345. The molecule has 0 saturated heterocycles. The Morgan fingerprint density at radius 2 is 1.57 bits per heavy atom. The van der Waals surface area contributed by atoms with Crippen molar-refractivity contribution in [1.29, 1.82) is 0 Å². The minimum Gasteiger partial charge on any atom is -0.338 e. The summed E-state index contributed by atoms with van der Waals surface area (Å²) < 4.78 is 56.6. The zero-order valence-corrected chi connectivity index (χ0v) is 21.7. The third-order valence-corrected chi connectivity index (χ3v) is 8.93. The summed E-state index contributed by atoms with van der Waals surface area (Å²) in [6.45, 7) is 2.49. The maximum atomic E-state index is 14.5. The Bertz CT molecular complexity index is 1290. The largest absolute Gasteiger partial charge is 0.338 e. The molecule has 0 aliphatic heterocycles. The Morgan fingerprint density at radius 1 is 0.892 bits per heavy atom. The number of benzene rings is 3. The molecule has 1 aliphatic rings. The number of halogens is 2. The van der Waals surface area contributed by atoms with E-state index in [4.69, 9.17) is 0 Å². The molecule has 0 spiro atoms. The summed E-state index contributed by atoms with van der Waals surface area (Å²) in [6.07, 6.45) is 3.86. The van der Waals surface area contributed by atoms with Gasteiger partial charge in [-0.3, -0.25) is 4.79 Å². The van der Waals surface area contributed by atoms with E-state index in [0.29, 0.717) is 6.54 Å². The van der Waals surface area contributed by atoms with Crippen LogP contribution in [0, 0.1) is 24.5 Å². The molecule has 196 valence electrons. The van der Waals surface area contributed by atoms with Crippen molar-refractivity contribution < 1.29 is 22.0 Å². The predicted octanol–water partition coefficient (Wildman–Crippen LogP) is 5.68. The Morgan fingerprint density at radius 3 is 2.22 bits per heavy atom. The highest BCUT2D eigenvalue weighted by molar-refractivity contribution is 7.89. The van der Waals surface area contributed by atoms with E-state index in [-0.39, 0.29) is 35.5 Å². The van der Waals surface area contributed by atoms with Crippen molar-refractivity contribution in [3.05, 3.63) is 101 Å². The van der Waals surface area contributed by atoms with Crippen LogP contribution in [0.4, 0.5) is 8.78 Å². The van der Waals surface area contributed by atoms with E-state index < -0.39 is 21.7 Å². The monoisotopic (exact) mass is 526 g/mol. The molecule has 0 atom stereocenters. The van der Waals surface area contributed by atoms with Crippen molar-refractivity contribution in [2.45, 2.75) is 56.6 Å². The molecule has 1 aliphatic carbocycles. The smallest absolute Gasteiger partial charge is 0.243 e. The Hall–Kier alpha value is -3.10. The van der Waals surface area contributed by atoms with Crippen LogP contribution in [-0.4, -0.2) is 36.6 Å². The van der Waals surface area contributed by atoms with Gasteiger partial charge in [-0.2, -0.15) is 4.31 Å². The van der Waals surface area contributed by atoms with E-state index in [1.807, 2.05) is 36.1 Å². The highest BCUT2D eigenvalue weighted by Gasteiger charge is 2.31. The van der Waals surface area contributed by atoms with Crippen LogP contribution in [0.3, 0.4) is 0 Å². The van der Waals surface area contributed by atoms with Crippen LogP contribution in [0.5, 0.6) is 0 Å². The minimum atomic E-state index is -3.93. The molecule has 0 heterocycles. The number of rotatable bonds is 10. The number of hydrogen-bond acceptors (Lipinski definition) is 3. The Kier molecular flexibility index (Phi) is 8.71. The van der Waals surface area contributed by atoms with Gasteiger partial charge in [0.1, 0.15) is 11.6 Å². The standard InChI is InChI=1S/C29H32F2N2O3S/c1-22-7-9-23(10-8-22)18-32(21-34)27-14-11-24(12-15-27)19-33(20-25-17-26(30)13-16-29(25)31)37(35,36)28-5-3-2-4-6-28/h2-10,13,16-17,21,24,27H,11-12,14-15,18-20H2,1H3. The van der Waals surface area contributed by atoms with Gasteiger partial charge >= 0.3 is 0 Å². The lowest BCUT2D eigenvalue weighted by Crippen LogP contribution is -2.40. The fourth-order valence-corrected chi connectivity index (χ4v) is 6.46. The van der Waals surface area contributed by atoms with Gasteiger partial charge in [0, 0.05) is 31.2 Å². The molecule has 1 fully saturated rings. The maximum absolute atomic E-state index is 14.5. The first-order valence-electron chi connectivity index (χ1n) is 12.5. The number of hydrogen-bond donors (Lipinski definition) is 0. The third-order valence-electron chi connectivity index (χ3n) is 7.10. The molecule has 1 amide bonds. The van der Waals surface area contributed by atoms with Crippen LogP contribution >= 0.6 is 0 Å². The van der Waals surface area contributed by atoms with Gasteiger partial charge < -0.3 is 4.90 Å². The summed E-state index contributed by atoms with van der Waals surface area (Å²) in [7, 11) is -3.93. The van der Waals surface area contributed by atoms with Gasteiger partial charge in [-0.05, 0) is 74.4 Å². The average molecular weight is 527 g/mol. The van der Waals surface area contributed by atoms with Gasteiger partial charge in [-0.1, -0.05) is 48.0 Å². The lowest BCUT2D eigenvalue weighted by Gasteiger charge is -2.36. The van der Waals surface area contributed by atoms with Gasteiger partial charge in [0.2, 0.25) is 16.4 Å². The number of nitrogens with zero attached hydrogens (tertiary/aromatic N) is 2. The van der Waals surface area contributed by atoms with Gasteiger partial charge in [0.25, 0.3) is 0 Å². The molecular formula is C29H32F2N2O3S. The first-order chi connectivity index (χ1) is 17.8. The maximum Gasteiger partial charge on any atom is 0.243 e. The SMILES string of the molecule is Cc1ccc(CN(C=O)C2CCC(CN(Cc3cc(F)ccc3F)S(=O)(=O)c3ccccc3)CC2)cc1. The van der Waals surface area contributed by atoms with Crippen LogP contribution in [0.2, 0.25) is 0 Å². The van der Waals surface area contributed by atoms with Gasteiger partial charge in [-0.25, -0.2) is 17.2 Å². The first-order valence-corrected chi connectivity index (χ1v) is 14.0. The second kappa shape index (κ2) is 12.0. The zero-order chi connectivity index (χ0) is 26.4. The number of carbonyl (C=O) groups excluding carboxylic acids is 1. The number of amides is 1. The molecule has 0 radical (unpaired) electrons.